The minimum absolute atomic E-state index is 0.591. The Morgan fingerprint density at radius 2 is 1.72 bits per heavy atom. The van der Waals surface area contributed by atoms with Gasteiger partial charge in [-0.25, -0.2) is 0 Å². The zero-order chi connectivity index (χ0) is 17.9. The second-order valence-corrected chi connectivity index (χ2v) is 7.05. The number of nitrogens with one attached hydrogen (secondary N) is 1. The molecule has 1 saturated heterocycles. The third-order valence-electron chi connectivity index (χ3n) is 5.16. The van der Waals surface area contributed by atoms with Crippen LogP contribution in [0, 0.1) is 0 Å². The lowest BCUT2D eigenvalue weighted by Gasteiger charge is -2.30. The molecule has 1 aromatic carbocycles. The van der Waals surface area contributed by atoms with Gasteiger partial charge in [0.05, 0.1) is 5.56 Å². The monoisotopic (exact) mass is 350 g/mol. The molecule has 1 fully saturated rings. The van der Waals surface area contributed by atoms with E-state index in [4.69, 9.17) is 0 Å². The van der Waals surface area contributed by atoms with Crippen LogP contribution in [-0.2, 0) is 6.18 Å². The van der Waals surface area contributed by atoms with E-state index >= 15 is 0 Å². The number of benzene rings is 1. The van der Waals surface area contributed by atoms with Crippen molar-refractivity contribution in [1.29, 1.82) is 0 Å². The number of rotatable bonds is 4. The van der Waals surface area contributed by atoms with Gasteiger partial charge in [0.15, 0.2) is 0 Å². The number of allylic oxidation sites excluding steroid dienone is 3. The molecule has 136 valence electrons. The predicted molar refractivity (Wildman–Crippen MR) is 95.3 cm³/mol. The summed E-state index contributed by atoms with van der Waals surface area (Å²) < 4.78 is 37.9. The third kappa shape index (κ3) is 4.95. The highest BCUT2D eigenvalue weighted by atomic mass is 19.4. The maximum absolute atomic E-state index is 12.6. The molecule has 2 aliphatic rings. The Labute approximate surface area is 147 Å². The summed E-state index contributed by atoms with van der Waals surface area (Å²) in [6.07, 6.45) is 4.13. The van der Waals surface area contributed by atoms with Crippen molar-refractivity contribution in [2.75, 3.05) is 26.7 Å². The molecule has 0 radical (unpaired) electrons. The van der Waals surface area contributed by atoms with Gasteiger partial charge in [-0.3, -0.25) is 0 Å². The van der Waals surface area contributed by atoms with Crippen molar-refractivity contribution in [2.24, 2.45) is 0 Å². The highest BCUT2D eigenvalue weighted by Crippen LogP contribution is 2.32. The topological polar surface area (TPSA) is 15.3 Å². The summed E-state index contributed by atoms with van der Waals surface area (Å²) in [6, 6.07) is 6.07. The van der Waals surface area contributed by atoms with Crippen molar-refractivity contribution in [3.63, 3.8) is 0 Å². The molecule has 1 aromatic rings. The third-order valence-corrected chi connectivity index (χ3v) is 5.16. The van der Waals surface area contributed by atoms with Crippen LogP contribution in [0.25, 0.3) is 5.57 Å². The van der Waals surface area contributed by atoms with Crippen molar-refractivity contribution in [3.8, 4) is 0 Å². The van der Waals surface area contributed by atoms with E-state index in [1.165, 1.54) is 18.4 Å². The molecule has 5 heteroatoms. The summed E-state index contributed by atoms with van der Waals surface area (Å²) in [5, 5.41) is 3.64. The molecule has 2 nitrogen and oxygen atoms in total. The molecule has 3 rings (SSSR count). The van der Waals surface area contributed by atoms with Crippen LogP contribution in [0.5, 0.6) is 0 Å². The van der Waals surface area contributed by atoms with Crippen molar-refractivity contribution in [1.82, 2.24) is 10.2 Å². The van der Waals surface area contributed by atoms with E-state index in [1.807, 2.05) is 0 Å². The summed E-state index contributed by atoms with van der Waals surface area (Å²) >= 11 is 0. The van der Waals surface area contributed by atoms with Crippen LogP contribution in [0.1, 0.15) is 36.8 Å². The van der Waals surface area contributed by atoms with E-state index in [1.54, 1.807) is 12.1 Å². The van der Waals surface area contributed by atoms with Crippen molar-refractivity contribution in [2.45, 2.75) is 37.9 Å². The van der Waals surface area contributed by atoms with Gasteiger partial charge in [-0.15, -0.1) is 0 Å². The zero-order valence-corrected chi connectivity index (χ0v) is 14.6. The minimum Gasteiger partial charge on any atom is -0.310 e. The van der Waals surface area contributed by atoms with Gasteiger partial charge in [0.1, 0.15) is 0 Å². The summed E-state index contributed by atoms with van der Waals surface area (Å²) in [5.74, 6) is 0. The number of hydrogen-bond donors (Lipinski definition) is 1. The van der Waals surface area contributed by atoms with Crippen LogP contribution >= 0.6 is 0 Å². The number of likely N-dealkylation sites (tertiary alicyclic amines) is 1. The molecular formula is C20H25F3N2. The van der Waals surface area contributed by atoms with Crippen LogP contribution in [0.4, 0.5) is 13.2 Å². The van der Waals surface area contributed by atoms with Crippen LogP contribution < -0.4 is 5.32 Å². The quantitative estimate of drug-likeness (QED) is 0.860. The fourth-order valence-electron chi connectivity index (χ4n) is 3.43. The molecule has 0 aromatic heterocycles. The van der Waals surface area contributed by atoms with Gasteiger partial charge < -0.3 is 10.2 Å². The van der Waals surface area contributed by atoms with E-state index < -0.39 is 11.7 Å². The molecule has 0 bridgehead atoms. The minimum atomic E-state index is -4.27. The van der Waals surface area contributed by atoms with E-state index in [9.17, 15) is 13.2 Å². The Morgan fingerprint density at radius 1 is 1.04 bits per heavy atom. The number of halogens is 3. The average molecular weight is 350 g/mol. The lowest BCUT2D eigenvalue weighted by Crippen LogP contribution is -2.41. The number of nitrogens with zero attached hydrogens (tertiary/aromatic N) is 1. The smallest absolute Gasteiger partial charge is 0.310 e. The maximum atomic E-state index is 12.6. The Balaban J connectivity index is 1.55. The molecule has 1 heterocycles. The highest BCUT2D eigenvalue weighted by molar-refractivity contribution is 5.69. The maximum Gasteiger partial charge on any atom is 0.416 e. The molecule has 1 aliphatic carbocycles. The Hall–Kier alpha value is -1.59. The first-order valence-corrected chi connectivity index (χ1v) is 8.90. The molecule has 0 saturated carbocycles. The fourth-order valence-corrected chi connectivity index (χ4v) is 3.43. The first kappa shape index (κ1) is 18.2. The SMILES string of the molecule is CN1CCC(NCC2=CC=C(c3ccc(C(F)(F)F)cc3)CC2)CC1. The molecule has 1 N–H and O–H groups in total. The van der Waals surface area contributed by atoms with E-state index in [0.717, 1.165) is 55.7 Å². The summed E-state index contributed by atoms with van der Waals surface area (Å²) in [7, 11) is 2.16. The van der Waals surface area contributed by atoms with Crippen molar-refractivity contribution < 1.29 is 13.2 Å². The number of alkyl halides is 3. The van der Waals surface area contributed by atoms with Gasteiger partial charge in [0.2, 0.25) is 0 Å². The van der Waals surface area contributed by atoms with E-state index in [0.29, 0.717) is 6.04 Å². The summed E-state index contributed by atoms with van der Waals surface area (Å²) in [4.78, 5) is 2.36. The van der Waals surface area contributed by atoms with Gasteiger partial charge in [-0.05, 0) is 69.1 Å². The van der Waals surface area contributed by atoms with E-state index in [-0.39, 0.29) is 0 Å². The number of piperidine rings is 1. The largest absolute Gasteiger partial charge is 0.416 e. The second kappa shape index (κ2) is 7.75. The number of hydrogen-bond acceptors (Lipinski definition) is 2. The standard InChI is InChI=1S/C20H25F3N2/c1-25-12-10-19(11-13-25)24-14-15-2-4-16(5-3-15)17-6-8-18(9-7-17)20(21,22)23/h2,4,6-9,19,24H,3,5,10-14H2,1H3. The molecule has 1 aliphatic heterocycles. The first-order valence-electron chi connectivity index (χ1n) is 8.90. The highest BCUT2D eigenvalue weighted by Gasteiger charge is 2.30. The fraction of sp³-hybridized carbons (Fsp3) is 0.500. The Kier molecular flexibility index (Phi) is 5.64. The first-order chi connectivity index (χ1) is 11.9. The van der Waals surface area contributed by atoms with Crippen LogP contribution in [0.2, 0.25) is 0 Å². The Bertz CT molecular complexity index is 636. The molecule has 0 amide bonds. The summed E-state index contributed by atoms with van der Waals surface area (Å²) in [6.45, 7) is 3.20. The van der Waals surface area contributed by atoms with Gasteiger partial charge in [0, 0.05) is 12.6 Å². The van der Waals surface area contributed by atoms with Gasteiger partial charge in [0.25, 0.3) is 0 Å². The second-order valence-electron chi connectivity index (χ2n) is 7.05. The van der Waals surface area contributed by atoms with Crippen molar-refractivity contribution >= 4 is 5.57 Å². The lowest BCUT2D eigenvalue weighted by atomic mass is 9.92. The van der Waals surface area contributed by atoms with Crippen LogP contribution in [-0.4, -0.2) is 37.6 Å². The van der Waals surface area contributed by atoms with Crippen LogP contribution in [0.15, 0.2) is 42.0 Å². The van der Waals surface area contributed by atoms with Gasteiger partial charge >= 0.3 is 6.18 Å². The Morgan fingerprint density at radius 3 is 2.28 bits per heavy atom. The molecular weight excluding hydrogens is 325 g/mol. The average Bonchev–Trinajstić information content (AvgIpc) is 2.61. The van der Waals surface area contributed by atoms with Crippen molar-refractivity contribution in [3.05, 3.63) is 53.1 Å². The lowest BCUT2D eigenvalue weighted by molar-refractivity contribution is -0.137. The molecule has 25 heavy (non-hydrogen) atoms. The molecule has 0 atom stereocenters. The normalized spacial score (nSPS) is 20.3. The predicted octanol–water partition coefficient (Wildman–Crippen LogP) is 4.49. The van der Waals surface area contributed by atoms with Gasteiger partial charge in [-0.2, -0.15) is 13.2 Å². The summed E-state index contributed by atoms with van der Waals surface area (Å²) in [5.41, 5.74) is 2.77. The van der Waals surface area contributed by atoms with Crippen LogP contribution in [0.3, 0.4) is 0 Å². The van der Waals surface area contributed by atoms with E-state index in [2.05, 4.69) is 29.4 Å². The van der Waals surface area contributed by atoms with Gasteiger partial charge in [-0.1, -0.05) is 29.9 Å². The molecule has 0 unspecified atom stereocenters. The zero-order valence-electron chi connectivity index (χ0n) is 14.6. The molecule has 0 spiro atoms.